The second kappa shape index (κ2) is 9.18. The van der Waals surface area contributed by atoms with Crippen LogP contribution in [0.1, 0.15) is 17.4 Å². The van der Waals surface area contributed by atoms with E-state index in [4.69, 9.17) is 4.74 Å². The average Bonchev–Trinajstić information content (AvgIpc) is 3.16. The maximum absolute atomic E-state index is 13.8. The Morgan fingerprint density at radius 1 is 1.03 bits per heavy atom. The van der Waals surface area contributed by atoms with Crippen LogP contribution in [-0.2, 0) is 24.8 Å². The van der Waals surface area contributed by atoms with E-state index in [1.54, 1.807) is 31.2 Å². The summed E-state index contributed by atoms with van der Waals surface area (Å²) in [7, 11) is -8.57. The minimum Gasteiger partial charge on any atom is -0.461 e. The topological polar surface area (TPSA) is 115 Å². The summed E-state index contributed by atoms with van der Waals surface area (Å²) in [5.74, 6) is -1.03. The summed E-state index contributed by atoms with van der Waals surface area (Å²) >= 11 is 3.33. The molecule has 9 nitrogen and oxygen atoms in total. The highest BCUT2D eigenvalue weighted by atomic mass is 79.9. The smallest absolute Gasteiger partial charge is 0.357 e. The summed E-state index contributed by atoms with van der Waals surface area (Å²) in [6.45, 7) is 2.78. The second-order valence-electron chi connectivity index (χ2n) is 7.30. The molecule has 3 aromatic rings. The van der Waals surface area contributed by atoms with Crippen LogP contribution in [0.15, 0.2) is 62.8 Å². The largest absolute Gasteiger partial charge is 0.461 e. The van der Waals surface area contributed by atoms with Gasteiger partial charge in [-0.25, -0.2) is 25.6 Å². The number of benzene rings is 2. The minimum absolute atomic E-state index is 0.0530. The molecule has 0 unspecified atom stereocenters. The third-order valence-corrected chi connectivity index (χ3v) is 9.46. The summed E-state index contributed by atoms with van der Waals surface area (Å²) in [4.78, 5) is 12.7. The third kappa shape index (κ3) is 4.21. The fourth-order valence-electron chi connectivity index (χ4n) is 3.80. The quantitative estimate of drug-likeness (QED) is 0.464. The molecule has 0 bridgehead atoms. The summed E-state index contributed by atoms with van der Waals surface area (Å²) in [5.41, 5.74) is -0.467. The first-order chi connectivity index (χ1) is 15.7. The van der Waals surface area contributed by atoms with Crippen molar-refractivity contribution in [1.29, 1.82) is 0 Å². The highest BCUT2D eigenvalue weighted by Gasteiger charge is 2.39. The number of carbonyl (C=O) groups is 1. The van der Waals surface area contributed by atoms with E-state index in [0.717, 1.165) is 3.97 Å². The molecule has 1 fully saturated rings. The Hall–Kier alpha value is -2.25. The maximum Gasteiger partial charge on any atom is 0.357 e. The molecule has 0 spiro atoms. The Morgan fingerprint density at radius 2 is 1.70 bits per heavy atom. The van der Waals surface area contributed by atoms with Crippen molar-refractivity contribution < 1.29 is 26.4 Å². The summed E-state index contributed by atoms with van der Waals surface area (Å²) in [6, 6.07) is 12.1. The monoisotopic (exact) mass is 555 g/mol. The molecular formula is C21H22BrN3O6S2. The lowest BCUT2D eigenvalue weighted by Gasteiger charge is -2.26. The van der Waals surface area contributed by atoms with Gasteiger partial charge in [0, 0.05) is 36.0 Å². The van der Waals surface area contributed by atoms with Crippen LogP contribution >= 0.6 is 15.9 Å². The van der Waals surface area contributed by atoms with E-state index in [-0.39, 0.29) is 40.4 Å². The Bertz CT molecular complexity index is 1410. The molecule has 2 aromatic carbocycles. The van der Waals surface area contributed by atoms with Gasteiger partial charge in [0.15, 0.2) is 5.69 Å². The van der Waals surface area contributed by atoms with E-state index in [1.807, 2.05) is 0 Å². The first-order valence-corrected chi connectivity index (χ1v) is 13.9. The van der Waals surface area contributed by atoms with Crippen molar-refractivity contribution in [1.82, 2.24) is 13.6 Å². The third-order valence-electron chi connectivity index (χ3n) is 5.26. The molecule has 0 radical (unpaired) electrons. The minimum atomic E-state index is -4.34. The Morgan fingerprint density at radius 3 is 2.33 bits per heavy atom. The van der Waals surface area contributed by atoms with Crippen molar-refractivity contribution in [2.75, 3.05) is 32.8 Å². The van der Waals surface area contributed by atoms with Gasteiger partial charge in [0.2, 0.25) is 10.0 Å². The highest BCUT2D eigenvalue weighted by molar-refractivity contribution is 9.10. The lowest BCUT2D eigenvalue weighted by atomic mass is 10.2. The fourth-order valence-corrected chi connectivity index (χ4v) is 7.54. The van der Waals surface area contributed by atoms with Crippen LogP contribution in [-0.4, -0.2) is 63.9 Å². The van der Waals surface area contributed by atoms with Gasteiger partial charge in [0.1, 0.15) is 4.90 Å². The van der Waals surface area contributed by atoms with Gasteiger partial charge >= 0.3 is 5.97 Å². The zero-order valence-corrected chi connectivity index (χ0v) is 20.9. The molecule has 12 heteroatoms. The zero-order chi connectivity index (χ0) is 23.8. The van der Waals surface area contributed by atoms with Crippen LogP contribution in [0.25, 0.3) is 10.9 Å². The predicted octanol–water partition coefficient (Wildman–Crippen LogP) is 2.41. The SMILES string of the molecule is CCOC(=O)c1c(S(=O)(=O)N2CCNCC2)c2cc(Br)ccc2n1S(=O)(=O)c1ccccc1. The highest BCUT2D eigenvalue weighted by Crippen LogP contribution is 2.37. The molecule has 0 amide bonds. The van der Waals surface area contributed by atoms with Crippen molar-refractivity contribution in [2.45, 2.75) is 16.7 Å². The first kappa shape index (κ1) is 23.9. The molecular weight excluding hydrogens is 534 g/mol. The van der Waals surface area contributed by atoms with Crippen molar-refractivity contribution in [3.05, 3.63) is 58.7 Å². The van der Waals surface area contributed by atoms with E-state index in [0.29, 0.717) is 17.6 Å². The van der Waals surface area contributed by atoms with Gasteiger partial charge in [0.25, 0.3) is 10.0 Å². The number of aromatic nitrogens is 1. The number of sulfonamides is 1. The van der Waals surface area contributed by atoms with Crippen LogP contribution in [0, 0.1) is 0 Å². The van der Waals surface area contributed by atoms with Gasteiger partial charge in [-0.3, -0.25) is 0 Å². The summed E-state index contributed by atoms with van der Waals surface area (Å²) < 4.78 is 62.7. The van der Waals surface area contributed by atoms with Gasteiger partial charge < -0.3 is 10.1 Å². The predicted molar refractivity (Wildman–Crippen MR) is 126 cm³/mol. The second-order valence-corrected chi connectivity index (χ2v) is 11.9. The Labute approximate surface area is 200 Å². The molecule has 2 heterocycles. The van der Waals surface area contributed by atoms with Crippen molar-refractivity contribution in [3.63, 3.8) is 0 Å². The lowest BCUT2D eigenvalue weighted by molar-refractivity contribution is 0.0513. The van der Waals surface area contributed by atoms with Gasteiger partial charge in [0.05, 0.1) is 17.0 Å². The van der Waals surface area contributed by atoms with E-state index in [2.05, 4.69) is 21.2 Å². The number of nitrogens with one attached hydrogen (secondary N) is 1. The Kier molecular flexibility index (Phi) is 6.65. The normalized spacial score (nSPS) is 15.6. The van der Waals surface area contributed by atoms with E-state index in [9.17, 15) is 21.6 Å². The van der Waals surface area contributed by atoms with Crippen LogP contribution < -0.4 is 5.32 Å². The number of rotatable bonds is 6. The van der Waals surface area contributed by atoms with Gasteiger partial charge in [-0.05, 0) is 37.3 Å². The van der Waals surface area contributed by atoms with Crippen LogP contribution in [0.5, 0.6) is 0 Å². The molecule has 1 aliphatic heterocycles. The molecule has 1 aliphatic rings. The molecule has 1 N–H and O–H groups in total. The number of fused-ring (bicyclic) bond motifs is 1. The van der Waals surface area contributed by atoms with E-state index < -0.39 is 31.7 Å². The number of nitrogens with zero attached hydrogens (tertiary/aromatic N) is 2. The molecule has 0 atom stereocenters. The Balaban J connectivity index is 2.13. The van der Waals surface area contributed by atoms with Crippen molar-refractivity contribution in [3.8, 4) is 0 Å². The summed E-state index contributed by atoms with van der Waals surface area (Å²) in [6.07, 6.45) is 0. The van der Waals surface area contributed by atoms with E-state index >= 15 is 0 Å². The molecule has 1 aromatic heterocycles. The molecule has 1 saturated heterocycles. The number of piperazine rings is 1. The zero-order valence-electron chi connectivity index (χ0n) is 17.7. The molecule has 0 saturated carbocycles. The fraction of sp³-hybridized carbons (Fsp3) is 0.286. The number of halogens is 1. The van der Waals surface area contributed by atoms with Crippen LogP contribution in [0.3, 0.4) is 0 Å². The standard InChI is InChI=1S/C21H22BrN3O6S2/c1-2-31-21(26)19-20(33(29,30)24-12-10-23-11-13-24)17-14-15(22)8-9-18(17)25(19)32(27,28)16-6-4-3-5-7-16/h3-9,14,23H,2,10-13H2,1H3. The summed E-state index contributed by atoms with van der Waals surface area (Å²) in [5, 5.41) is 3.20. The van der Waals surface area contributed by atoms with Crippen molar-refractivity contribution in [2.24, 2.45) is 0 Å². The molecule has 4 rings (SSSR count). The van der Waals surface area contributed by atoms with Gasteiger partial charge in [-0.15, -0.1) is 0 Å². The number of carbonyl (C=O) groups excluding carboxylic acids is 1. The molecule has 0 aliphatic carbocycles. The molecule has 33 heavy (non-hydrogen) atoms. The number of ether oxygens (including phenoxy) is 1. The lowest BCUT2D eigenvalue weighted by Crippen LogP contribution is -2.46. The van der Waals surface area contributed by atoms with Gasteiger partial charge in [-0.2, -0.15) is 4.31 Å². The average molecular weight is 556 g/mol. The number of esters is 1. The maximum atomic E-state index is 13.8. The van der Waals surface area contributed by atoms with Crippen molar-refractivity contribution >= 4 is 52.8 Å². The van der Waals surface area contributed by atoms with E-state index in [1.165, 1.54) is 28.6 Å². The van der Waals surface area contributed by atoms with Crippen LogP contribution in [0.2, 0.25) is 0 Å². The number of hydrogen-bond acceptors (Lipinski definition) is 7. The molecule has 176 valence electrons. The van der Waals surface area contributed by atoms with Gasteiger partial charge in [-0.1, -0.05) is 34.1 Å². The van der Waals surface area contributed by atoms with Crippen LogP contribution in [0.4, 0.5) is 0 Å². The number of hydrogen-bond donors (Lipinski definition) is 1. The first-order valence-electron chi connectivity index (χ1n) is 10.2.